The quantitative estimate of drug-likeness (QED) is 0.371. The van der Waals surface area contributed by atoms with Gasteiger partial charge in [-0.05, 0) is 66.0 Å². The summed E-state index contributed by atoms with van der Waals surface area (Å²) in [5.41, 5.74) is 3.99. The van der Waals surface area contributed by atoms with Gasteiger partial charge in [-0.25, -0.2) is 4.99 Å². The molecule has 4 rings (SSSR count). The molecular formula is C26H27BrN2OS. The normalized spacial score (nSPS) is 16.3. The number of anilines is 1. The molecule has 1 aliphatic carbocycles. The van der Waals surface area contributed by atoms with Crippen molar-refractivity contribution in [2.45, 2.75) is 40.0 Å². The average Bonchev–Trinajstić information content (AvgIpc) is 3.12. The molecule has 160 valence electrons. The summed E-state index contributed by atoms with van der Waals surface area (Å²) in [6, 6.07) is 17.7. The number of hydrogen-bond donors (Lipinski definition) is 1. The Morgan fingerprint density at radius 3 is 2.52 bits per heavy atom. The lowest BCUT2D eigenvalue weighted by atomic mass is 9.72. The molecule has 0 spiro atoms. The Morgan fingerprint density at radius 1 is 1.13 bits per heavy atom. The van der Waals surface area contributed by atoms with Crippen molar-refractivity contribution in [2.24, 2.45) is 16.3 Å². The molecule has 1 N–H and O–H groups in total. The van der Waals surface area contributed by atoms with Crippen molar-refractivity contribution < 1.29 is 4.79 Å². The van der Waals surface area contributed by atoms with Gasteiger partial charge in [0.25, 0.3) is 5.91 Å². The van der Waals surface area contributed by atoms with Crippen molar-refractivity contribution in [2.75, 3.05) is 5.32 Å². The molecule has 0 saturated carbocycles. The first-order valence-electron chi connectivity index (χ1n) is 10.6. The molecule has 1 heterocycles. The Balaban J connectivity index is 1.69. The van der Waals surface area contributed by atoms with E-state index in [9.17, 15) is 4.79 Å². The molecule has 2 aromatic carbocycles. The number of nitrogens with zero attached hydrogens (tertiary/aromatic N) is 1. The van der Waals surface area contributed by atoms with E-state index in [2.05, 4.69) is 42.0 Å². The fourth-order valence-electron chi connectivity index (χ4n) is 4.03. The van der Waals surface area contributed by atoms with E-state index >= 15 is 0 Å². The largest absolute Gasteiger partial charge is 0.322 e. The zero-order valence-electron chi connectivity index (χ0n) is 18.1. The van der Waals surface area contributed by atoms with Crippen LogP contribution in [-0.2, 0) is 12.8 Å². The predicted octanol–water partition coefficient (Wildman–Crippen LogP) is 7.66. The first-order chi connectivity index (χ1) is 14.8. The second-order valence-corrected chi connectivity index (χ2v) is 11.1. The van der Waals surface area contributed by atoms with E-state index in [-0.39, 0.29) is 11.3 Å². The monoisotopic (exact) mass is 494 g/mol. The van der Waals surface area contributed by atoms with Gasteiger partial charge in [0, 0.05) is 21.3 Å². The van der Waals surface area contributed by atoms with E-state index in [1.54, 1.807) is 11.3 Å². The van der Waals surface area contributed by atoms with Crippen LogP contribution in [0.1, 0.15) is 53.6 Å². The Morgan fingerprint density at radius 2 is 1.84 bits per heavy atom. The Bertz CT molecular complexity index is 1090. The topological polar surface area (TPSA) is 41.5 Å². The van der Waals surface area contributed by atoms with Crippen LogP contribution < -0.4 is 5.32 Å². The number of nitrogens with one attached hydrogen (secondary N) is 1. The SMILES string of the molecule is CC(C)(C)[C@@H]1CCc2c(sc(N=Cc3ccccc3)c2C(=O)Nc2ccc(Br)cc2)C1. The van der Waals surface area contributed by atoms with Crippen LogP contribution in [0.3, 0.4) is 0 Å². The number of carbonyl (C=O) groups is 1. The number of thiophene rings is 1. The molecule has 0 radical (unpaired) electrons. The van der Waals surface area contributed by atoms with Crippen LogP contribution in [0.15, 0.2) is 64.1 Å². The van der Waals surface area contributed by atoms with Crippen LogP contribution in [-0.4, -0.2) is 12.1 Å². The molecule has 1 aromatic heterocycles. The van der Waals surface area contributed by atoms with Crippen LogP contribution in [0, 0.1) is 11.3 Å². The number of halogens is 1. The van der Waals surface area contributed by atoms with E-state index in [0.717, 1.165) is 45.6 Å². The number of hydrogen-bond acceptors (Lipinski definition) is 3. The number of benzene rings is 2. The average molecular weight is 495 g/mol. The summed E-state index contributed by atoms with van der Waals surface area (Å²) in [5, 5.41) is 3.88. The second kappa shape index (κ2) is 9.09. The van der Waals surface area contributed by atoms with Crippen molar-refractivity contribution >= 4 is 50.1 Å². The summed E-state index contributed by atoms with van der Waals surface area (Å²) in [7, 11) is 0. The van der Waals surface area contributed by atoms with E-state index in [1.807, 2.05) is 60.8 Å². The lowest BCUT2D eigenvalue weighted by molar-refractivity contribution is 0.102. The van der Waals surface area contributed by atoms with Crippen molar-refractivity contribution in [3.05, 3.63) is 80.6 Å². The number of amides is 1. The number of rotatable bonds is 4. The van der Waals surface area contributed by atoms with E-state index in [1.165, 1.54) is 10.4 Å². The molecule has 0 fully saturated rings. The van der Waals surface area contributed by atoms with Crippen molar-refractivity contribution in [3.8, 4) is 0 Å². The molecule has 0 saturated heterocycles. The number of carbonyl (C=O) groups excluding carboxylic acids is 1. The van der Waals surface area contributed by atoms with Gasteiger partial charge in [-0.15, -0.1) is 11.3 Å². The molecule has 0 aliphatic heterocycles. The summed E-state index contributed by atoms with van der Waals surface area (Å²) < 4.78 is 0.986. The lowest BCUT2D eigenvalue weighted by Crippen LogP contribution is -2.27. The van der Waals surface area contributed by atoms with Gasteiger partial charge in [0.2, 0.25) is 0 Å². The maximum Gasteiger partial charge on any atom is 0.259 e. The Kier molecular flexibility index (Phi) is 6.44. The molecule has 3 nitrogen and oxygen atoms in total. The molecule has 31 heavy (non-hydrogen) atoms. The number of fused-ring (bicyclic) bond motifs is 1. The highest BCUT2D eigenvalue weighted by molar-refractivity contribution is 9.10. The summed E-state index contributed by atoms with van der Waals surface area (Å²) in [5.74, 6) is 0.543. The van der Waals surface area contributed by atoms with Gasteiger partial charge >= 0.3 is 0 Å². The van der Waals surface area contributed by atoms with Gasteiger partial charge in [0.1, 0.15) is 5.00 Å². The second-order valence-electron chi connectivity index (χ2n) is 9.12. The Labute approximate surface area is 196 Å². The third kappa shape index (κ3) is 5.16. The highest BCUT2D eigenvalue weighted by atomic mass is 79.9. The lowest BCUT2D eigenvalue weighted by Gasteiger charge is -2.33. The first kappa shape index (κ1) is 22.0. The fraction of sp³-hybridized carbons (Fsp3) is 0.308. The van der Waals surface area contributed by atoms with Gasteiger partial charge in [-0.2, -0.15) is 0 Å². The smallest absolute Gasteiger partial charge is 0.259 e. The van der Waals surface area contributed by atoms with Gasteiger partial charge < -0.3 is 5.32 Å². The van der Waals surface area contributed by atoms with Crippen LogP contribution >= 0.6 is 27.3 Å². The molecule has 1 aliphatic rings. The first-order valence-corrected chi connectivity index (χ1v) is 12.2. The van der Waals surface area contributed by atoms with Gasteiger partial charge in [0.05, 0.1) is 5.56 Å². The van der Waals surface area contributed by atoms with Crippen molar-refractivity contribution in [1.82, 2.24) is 0 Å². The highest BCUT2D eigenvalue weighted by Crippen LogP contribution is 2.45. The molecular weight excluding hydrogens is 468 g/mol. The maximum atomic E-state index is 13.4. The van der Waals surface area contributed by atoms with Crippen molar-refractivity contribution in [1.29, 1.82) is 0 Å². The minimum absolute atomic E-state index is 0.0748. The summed E-state index contributed by atoms with van der Waals surface area (Å²) in [6.45, 7) is 6.93. The van der Waals surface area contributed by atoms with Gasteiger partial charge in [-0.3, -0.25) is 4.79 Å². The van der Waals surface area contributed by atoms with E-state index < -0.39 is 0 Å². The molecule has 1 atom stereocenters. The molecule has 0 bridgehead atoms. The summed E-state index contributed by atoms with van der Waals surface area (Å²) >= 11 is 5.12. The molecule has 0 unspecified atom stereocenters. The zero-order chi connectivity index (χ0) is 22.0. The highest BCUT2D eigenvalue weighted by Gasteiger charge is 2.33. The molecule has 5 heteroatoms. The third-order valence-electron chi connectivity index (χ3n) is 5.93. The standard InChI is InChI=1S/C26H27BrN2OS/c1-26(2,3)18-9-14-21-22(15-18)31-25(28-16-17-7-5-4-6-8-17)23(21)24(30)29-20-12-10-19(27)11-13-20/h4-8,10-13,16,18H,9,14-15H2,1-3H3,(H,29,30)/t18-/m1/s1. The summed E-state index contributed by atoms with van der Waals surface area (Å²) in [4.78, 5) is 19.4. The number of aliphatic imine (C=N–C) groups is 1. The molecule has 3 aromatic rings. The minimum atomic E-state index is -0.0748. The zero-order valence-corrected chi connectivity index (χ0v) is 20.5. The van der Waals surface area contributed by atoms with Crippen LogP contribution in [0.4, 0.5) is 10.7 Å². The van der Waals surface area contributed by atoms with Gasteiger partial charge in [-0.1, -0.05) is 67.0 Å². The van der Waals surface area contributed by atoms with Crippen LogP contribution in [0.25, 0.3) is 0 Å². The van der Waals surface area contributed by atoms with E-state index in [0.29, 0.717) is 5.92 Å². The summed E-state index contributed by atoms with van der Waals surface area (Å²) in [6.07, 6.45) is 4.91. The Hall–Kier alpha value is -2.24. The molecule has 1 amide bonds. The van der Waals surface area contributed by atoms with Gasteiger partial charge in [0.15, 0.2) is 0 Å². The fourth-order valence-corrected chi connectivity index (χ4v) is 5.57. The minimum Gasteiger partial charge on any atom is -0.322 e. The van der Waals surface area contributed by atoms with Crippen LogP contribution in [0.5, 0.6) is 0 Å². The third-order valence-corrected chi connectivity index (χ3v) is 7.62. The van der Waals surface area contributed by atoms with Crippen molar-refractivity contribution in [3.63, 3.8) is 0 Å². The predicted molar refractivity (Wildman–Crippen MR) is 135 cm³/mol. The maximum absolute atomic E-state index is 13.4. The van der Waals surface area contributed by atoms with E-state index in [4.69, 9.17) is 4.99 Å². The van der Waals surface area contributed by atoms with Crippen LogP contribution in [0.2, 0.25) is 0 Å².